The summed E-state index contributed by atoms with van der Waals surface area (Å²) in [6.07, 6.45) is 5.31. The minimum absolute atomic E-state index is 0.0746. The minimum Gasteiger partial charge on any atom is -0.340 e. The van der Waals surface area contributed by atoms with E-state index in [-0.39, 0.29) is 30.6 Å². The van der Waals surface area contributed by atoms with Crippen molar-refractivity contribution in [1.29, 1.82) is 0 Å². The molecule has 2 aliphatic rings. The van der Waals surface area contributed by atoms with Crippen LogP contribution in [0.15, 0.2) is 24.5 Å². The Morgan fingerprint density at radius 3 is 2.43 bits per heavy atom. The average molecular weight is 549 g/mol. The number of piperidine rings is 1. The second kappa shape index (κ2) is 11.8. The molecular formula is C26H35Cl2N7O2. The van der Waals surface area contributed by atoms with Gasteiger partial charge in [-0.15, -0.1) is 0 Å². The number of likely N-dealkylation sites (tertiary alicyclic amines) is 1. The Balaban J connectivity index is 1.43. The van der Waals surface area contributed by atoms with Crippen LogP contribution in [0.2, 0.25) is 10.0 Å². The number of halogens is 2. The zero-order chi connectivity index (χ0) is 26.7. The minimum atomic E-state index is -0.321. The van der Waals surface area contributed by atoms with Gasteiger partial charge in [-0.2, -0.15) is 0 Å². The van der Waals surface area contributed by atoms with Gasteiger partial charge in [0.2, 0.25) is 11.9 Å². The molecule has 200 valence electrons. The molecule has 37 heavy (non-hydrogen) atoms. The Morgan fingerprint density at radius 1 is 1.14 bits per heavy atom. The molecule has 2 fully saturated rings. The normalized spacial score (nSPS) is 18.2. The van der Waals surface area contributed by atoms with Crippen molar-refractivity contribution in [2.45, 2.75) is 38.8 Å². The highest BCUT2D eigenvalue weighted by molar-refractivity contribution is 6.44. The number of nitrogens with zero attached hydrogens (tertiary/aromatic N) is 6. The standard InChI is InChI=1S/C26H35Cl2N7O2/c1-5-34-12-13-35(16-22(34)36)25-29-14-18(15-30-25)21-7-6-20(23(27)24(21)28)17(2)31-26(37)33(4)19-8-10-32(3)11-9-19/h6-7,14-15,17,19H,5,8-13,16H2,1-4H3,(H,31,37). The predicted octanol–water partition coefficient (Wildman–Crippen LogP) is 3.92. The number of hydrogen-bond donors (Lipinski definition) is 1. The van der Waals surface area contributed by atoms with E-state index in [2.05, 4.69) is 27.2 Å². The second-order valence-electron chi connectivity index (χ2n) is 9.81. The molecule has 1 unspecified atom stereocenters. The van der Waals surface area contributed by atoms with Crippen LogP contribution in [0.1, 0.15) is 38.3 Å². The lowest BCUT2D eigenvalue weighted by Crippen LogP contribution is -2.50. The molecule has 1 N–H and O–H groups in total. The van der Waals surface area contributed by atoms with Gasteiger partial charge in [0.15, 0.2) is 0 Å². The van der Waals surface area contributed by atoms with Gasteiger partial charge < -0.3 is 24.9 Å². The first-order chi connectivity index (χ1) is 17.7. The number of aromatic nitrogens is 2. The Hall–Kier alpha value is -2.62. The molecule has 4 rings (SSSR count). The van der Waals surface area contributed by atoms with E-state index >= 15 is 0 Å². The van der Waals surface area contributed by atoms with Crippen LogP contribution in [0.25, 0.3) is 11.1 Å². The SMILES string of the molecule is CCN1CCN(c2ncc(-c3ccc(C(C)NC(=O)N(C)C4CCN(C)CC4)c(Cl)c3Cl)cn2)CC1=O. The number of carbonyl (C=O) groups excluding carboxylic acids is 2. The molecule has 9 nitrogen and oxygen atoms in total. The summed E-state index contributed by atoms with van der Waals surface area (Å²) in [6.45, 7) is 8.17. The summed E-state index contributed by atoms with van der Waals surface area (Å²) in [6, 6.07) is 3.52. The number of urea groups is 1. The first-order valence-corrected chi connectivity index (χ1v) is 13.5. The molecule has 0 radical (unpaired) electrons. The number of nitrogens with one attached hydrogen (secondary N) is 1. The van der Waals surface area contributed by atoms with Crippen LogP contribution in [-0.2, 0) is 4.79 Å². The van der Waals surface area contributed by atoms with Crippen LogP contribution in [0.5, 0.6) is 0 Å². The summed E-state index contributed by atoms with van der Waals surface area (Å²) in [5.74, 6) is 0.586. The van der Waals surface area contributed by atoms with Crippen LogP contribution < -0.4 is 10.2 Å². The summed E-state index contributed by atoms with van der Waals surface area (Å²) in [5, 5.41) is 3.83. The zero-order valence-corrected chi connectivity index (χ0v) is 23.4. The number of likely N-dealkylation sites (N-methyl/N-ethyl adjacent to an activating group) is 1. The van der Waals surface area contributed by atoms with Crippen LogP contribution in [0, 0.1) is 0 Å². The lowest BCUT2D eigenvalue weighted by atomic mass is 10.0. The monoisotopic (exact) mass is 547 g/mol. The van der Waals surface area contributed by atoms with Gasteiger partial charge in [0.1, 0.15) is 0 Å². The maximum absolute atomic E-state index is 12.9. The van der Waals surface area contributed by atoms with Crippen molar-refractivity contribution < 1.29 is 9.59 Å². The fourth-order valence-electron chi connectivity index (χ4n) is 4.87. The van der Waals surface area contributed by atoms with E-state index in [9.17, 15) is 9.59 Å². The largest absolute Gasteiger partial charge is 0.340 e. The van der Waals surface area contributed by atoms with E-state index in [4.69, 9.17) is 23.2 Å². The lowest BCUT2D eigenvalue weighted by Gasteiger charge is -2.35. The fourth-order valence-corrected chi connectivity index (χ4v) is 5.48. The smallest absolute Gasteiger partial charge is 0.317 e. The van der Waals surface area contributed by atoms with Crippen molar-refractivity contribution in [3.63, 3.8) is 0 Å². The van der Waals surface area contributed by atoms with Gasteiger partial charge in [-0.25, -0.2) is 14.8 Å². The zero-order valence-electron chi connectivity index (χ0n) is 21.9. The molecular weight excluding hydrogens is 513 g/mol. The van der Waals surface area contributed by atoms with E-state index < -0.39 is 0 Å². The summed E-state index contributed by atoms with van der Waals surface area (Å²) in [5.41, 5.74) is 2.17. The average Bonchev–Trinajstić information content (AvgIpc) is 2.90. The molecule has 0 aliphatic carbocycles. The maximum atomic E-state index is 12.9. The van der Waals surface area contributed by atoms with Gasteiger partial charge in [-0.1, -0.05) is 35.3 Å². The highest BCUT2D eigenvalue weighted by Gasteiger charge is 2.27. The van der Waals surface area contributed by atoms with Gasteiger partial charge in [0.05, 0.1) is 22.6 Å². The number of carbonyl (C=O) groups is 2. The van der Waals surface area contributed by atoms with Gasteiger partial charge in [0, 0.05) is 56.2 Å². The Kier molecular flexibility index (Phi) is 8.77. The topological polar surface area (TPSA) is 84.9 Å². The molecule has 0 bridgehead atoms. The van der Waals surface area contributed by atoms with Crippen molar-refractivity contribution in [2.75, 3.05) is 58.3 Å². The number of anilines is 1. The summed E-state index contributed by atoms with van der Waals surface area (Å²) < 4.78 is 0. The first kappa shape index (κ1) is 27.4. The van der Waals surface area contributed by atoms with Crippen LogP contribution in [0.3, 0.4) is 0 Å². The first-order valence-electron chi connectivity index (χ1n) is 12.7. The van der Waals surface area contributed by atoms with E-state index in [0.717, 1.165) is 37.1 Å². The van der Waals surface area contributed by atoms with Gasteiger partial charge >= 0.3 is 6.03 Å². The number of piperazine rings is 1. The third kappa shape index (κ3) is 6.10. The number of amides is 3. The molecule has 11 heteroatoms. The third-order valence-electron chi connectivity index (χ3n) is 7.41. The van der Waals surface area contributed by atoms with Crippen molar-refractivity contribution >= 4 is 41.1 Å². The molecule has 1 aromatic carbocycles. The fraction of sp³-hybridized carbons (Fsp3) is 0.538. The Labute approximate surface area is 228 Å². The molecule has 1 aromatic heterocycles. The molecule has 2 aromatic rings. The predicted molar refractivity (Wildman–Crippen MR) is 147 cm³/mol. The lowest BCUT2D eigenvalue weighted by molar-refractivity contribution is -0.130. The van der Waals surface area contributed by atoms with E-state index in [1.807, 2.05) is 42.8 Å². The van der Waals surface area contributed by atoms with E-state index in [0.29, 0.717) is 41.2 Å². The number of hydrogen-bond acceptors (Lipinski definition) is 6. The Morgan fingerprint density at radius 2 is 1.81 bits per heavy atom. The molecule has 0 saturated carbocycles. The van der Waals surface area contributed by atoms with Crippen molar-refractivity contribution in [1.82, 2.24) is 30.0 Å². The van der Waals surface area contributed by atoms with Crippen LogP contribution >= 0.6 is 23.2 Å². The van der Waals surface area contributed by atoms with Gasteiger partial charge in [-0.05, 0) is 52.4 Å². The summed E-state index contributed by atoms with van der Waals surface area (Å²) in [4.78, 5) is 41.8. The quantitative estimate of drug-likeness (QED) is 0.590. The molecule has 1 atom stereocenters. The molecule has 3 amide bonds. The number of rotatable bonds is 6. The third-order valence-corrected chi connectivity index (χ3v) is 8.30. The second-order valence-corrected chi connectivity index (χ2v) is 10.6. The summed E-state index contributed by atoms with van der Waals surface area (Å²) >= 11 is 13.3. The van der Waals surface area contributed by atoms with Crippen molar-refractivity contribution in [2.24, 2.45) is 0 Å². The van der Waals surface area contributed by atoms with E-state index in [1.165, 1.54) is 0 Å². The van der Waals surface area contributed by atoms with Crippen LogP contribution in [-0.4, -0.2) is 96.0 Å². The van der Waals surface area contributed by atoms with Crippen molar-refractivity contribution in [3.8, 4) is 11.1 Å². The van der Waals surface area contributed by atoms with Gasteiger partial charge in [-0.3, -0.25) is 4.79 Å². The van der Waals surface area contributed by atoms with Gasteiger partial charge in [0.25, 0.3) is 0 Å². The number of benzene rings is 1. The van der Waals surface area contributed by atoms with Crippen molar-refractivity contribution in [3.05, 3.63) is 40.1 Å². The highest BCUT2D eigenvalue weighted by atomic mass is 35.5. The molecule has 2 saturated heterocycles. The maximum Gasteiger partial charge on any atom is 0.317 e. The summed E-state index contributed by atoms with van der Waals surface area (Å²) in [7, 11) is 3.95. The molecule has 0 spiro atoms. The Bertz CT molecular complexity index is 1120. The van der Waals surface area contributed by atoms with E-state index in [1.54, 1.807) is 17.3 Å². The molecule has 2 aliphatic heterocycles. The highest BCUT2D eigenvalue weighted by Crippen LogP contribution is 2.38. The molecule has 3 heterocycles. The van der Waals surface area contributed by atoms with Crippen LogP contribution in [0.4, 0.5) is 10.7 Å².